The first-order valence-electron chi connectivity index (χ1n) is 7.65. The summed E-state index contributed by atoms with van der Waals surface area (Å²) in [6, 6.07) is 14.8. The van der Waals surface area contributed by atoms with Crippen molar-refractivity contribution in [2.24, 2.45) is 5.73 Å². The normalized spacial score (nSPS) is 10.9. The molecule has 0 unspecified atom stereocenters. The minimum atomic E-state index is -0.363. The van der Waals surface area contributed by atoms with Gasteiger partial charge in [0.2, 0.25) is 11.8 Å². The SMILES string of the molecule is NCc1nc(C(=O)Nc2ccc(-c3nc4ccccc4o3)cc2)co1. The fraction of sp³-hybridized carbons (Fsp3) is 0.0556. The van der Waals surface area contributed by atoms with Crippen LogP contribution in [0.25, 0.3) is 22.6 Å². The molecule has 0 radical (unpaired) electrons. The topological polar surface area (TPSA) is 107 Å². The van der Waals surface area contributed by atoms with E-state index in [4.69, 9.17) is 14.6 Å². The standard InChI is InChI=1S/C18H14N4O3/c19-9-16-21-14(10-24-16)17(23)20-12-7-5-11(6-8-12)18-22-13-3-1-2-4-15(13)25-18/h1-8,10H,9,19H2,(H,20,23). The van der Waals surface area contributed by atoms with Crippen molar-refractivity contribution in [3.8, 4) is 11.5 Å². The van der Waals surface area contributed by atoms with Gasteiger partial charge in [0.1, 0.15) is 11.8 Å². The van der Waals surface area contributed by atoms with Crippen LogP contribution in [0.3, 0.4) is 0 Å². The van der Waals surface area contributed by atoms with Gasteiger partial charge in [-0.25, -0.2) is 9.97 Å². The fourth-order valence-electron chi connectivity index (χ4n) is 2.40. The molecule has 124 valence electrons. The van der Waals surface area contributed by atoms with E-state index in [2.05, 4.69) is 15.3 Å². The number of hydrogen-bond acceptors (Lipinski definition) is 6. The summed E-state index contributed by atoms with van der Waals surface area (Å²) in [5, 5.41) is 2.75. The summed E-state index contributed by atoms with van der Waals surface area (Å²) < 4.78 is 10.8. The Labute approximate surface area is 142 Å². The largest absolute Gasteiger partial charge is 0.447 e. The molecule has 2 aromatic carbocycles. The number of carbonyl (C=O) groups excluding carboxylic acids is 1. The number of benzene rings is 2. The number of nitrogens with two attached hydrogens (primary N) is 1. The molecule has 0 spiro atoms. The van der Waals surface area contributed by atoms with E-state index in [-0.39, 0.29) is 18.1 Å². The number of rotatable bonds is 4. The van der Waals surface area contributed by atoms with Crippen molar-refractivity contribution in [1.82, 2.24) is 9.97 Å². The van der Waals surface area contributed by atoms with Gasteiger partial charge >= 0.3 is 0 Å². The second-order valence-electron chi connectivity index (χ2n) is 5.35. The van der Waals surface area contributed by atoms with Gasteiger partial charge < -0.3 is 19.9 Å². The van der Waals surface area contributed by atoms with Crippen molar-refractivity contribution in [1.29, 1.82) is 0 Å². The first-order chi connectivity index (χ1) is 12.2. The van der Waals surface area contributed by atoms with Gasteiger partial charge in [-0.05, 0) is 36.4 Å². The molecule has 0 saturated carbocycles. The van der Waals surface area contributed by atoms with Crippen molar-refractivity contribution in [2.45, 2.75) is 6.54 Å². The number of amides is 1. The van der Waals surface area contributed by atoms with Crippen molar-refractivity contribution >= 4 is 22.7 Å². The minimum Gasteiger partial charge on any atom is -0.447 e. The molecule has 3 N–H and O–H groups in total. The van der Waals surface area contributed by atoms with Crippen molar-refractivity contribution in [3.63, 3.8) is 0 Å². The lowest BCUT2D eigenvalue weighted by Gasteiger charge is -2.03. The number of nitrogens with one attached hydrogen (secondary N) is 1. The quantitative estimate of drug-likeness (QED) is 0.593. The molecule has 7 heteroatoms. The number of oxazole rings is 2. The second-order valence-corrected chi connectivity index (χ2v) is 5.35. The Kier molecular flexibility index (Phi) is 3.75. The zero-order chi connectivity index (χ0) is 17.2. The number of nitrogens with zero attached hydrogens (tertiary/aromatic N) is 2. The lowest BCUT2D eigenvalue weighted by atomic mass is 10.2. The molecule has 0 bridgehead atoms. The molecule has 1 amide bonds. The van der Waals surface area contributed by atoms with Gasteiger partial charge in [0.15, 0.2) is 11.3 Å². The van der Waals surface area contributed by atoms with Crippen molar-refractivity contribution in [2.75, 3.05) is 5.32 Å². The van der Waals surface area contributed by atoms with Crippen LogP contribution in [0.4, 0.5) is 5.69 Å². The lowest BCUT2D eigenvalue weighted by molar-refractivity contribution is 0.102. The predicted octanol–water partition coefficient (Wildman–Crippen LogP) is 3.19. The van der Waals surface area contributed by atoms with Crippen LogP contribution in [0.15, 0.2) is 63.6 Å². The highest BCUT2D eigenvalue weighted by molar-refractivity contribution is 6.02. The molecular formula is C18H14N4O3. The molecule has 0 aliphatic heterocycles. The van der Waals surface area contributed by atoms with E-state index in [9.17, 15) is 4.79 Å². The van der Waals surface area contributed by atoms with E-state index in [1.807, 2.05) is 36.4 Å². The average molecular weight is 334 g/mol. The van der Waals surface area contributed by atoms with Gasteiger partial charge in [-0.2, -0.15) is 0 Å². The maximum atomic E-state index is 12.1. The van der Waals surface area contributed by atoms with Crippen LogP contribution in [-0.4, -0.2) is 15.9 Å². The molecule has 4 aromatic rings. The van der Waals surface area contributed by atoms with Crippen LogP contribution in [-0.2, 0) is 6.54 Å². The predicted molar refractivity (Wildman–Crippen MR) is 91.8 cm³/mol. The fourth-order valence-corrected chi connectivity index (χ4v) is 2.40. The number of aromatic nitrogens is 2. The number of para-hydroxylation sites is 2. The van der Waals surface area contributed by atoms with Gasteiger partial charge in [-0.15, -0.1) is 0 Å². The molecule has 7 nitrogen and oxygen atoms in total. The summed E-state index contributed by atoms with van der Waals surface area (Å²) in [6.07, 6.45) is 1.28. The van der Waals surface area contributed by atoms with E-state index in [1.54, 1.807) is 12.1 Å². The first kappa shape index (κ1) is 15.1. The first-order valence-corrected chi connectivity index (χ1v) is 7.65. The zero-order valence-electron chi connectivity index (χ0n) is 13.1. The molecular weight excluding hydrogens is 320 g/mol. The Bertz CT molecular complexity index is 1000. The van der Waals surface area contributed by atoms with E-state index >= 15 is 0 Å². The summed E-state index contributed by atoms with van der Waals surface area (Å²) in [5.41, 5.74) is 8.58. The van der Waals surface area contributed by atoms with Gasteiger partial charge in [0.25, 0.3) is 5.91 Å². The molecule has 4 rings (SSSR count). The molecule has 2 aromatic heterocycles. The third-order valence-corrected chi connectivity index (χ3v) is 3.64. The van der Waals surface area contributed by atoms with Crippen LogP contribution in [0, 0.1) is 0 Å². The number of carbonyl (C=O) groups is 1. The third kappa shape index (κ3) is 3.00. The van der Waals surface area contributed by atoms with Gasteiger partial charge in [-0.3, -0.25) is 4.79 Å². The average Bonchev–Trinajstić information content (AvgIpc) is 3.29. The molecule has 0 aliphatic carbocycles. The highest BCUT2D eigenvalue weighted by atomic mass is 16.3. The minimum absolute atomic E-state index is 0.145. The van der Waals surface area contributed by atoms with E-state index < -0.39 is 0 Å². The lowest BCUT2D eigenvalue weighted by Crippen LogP contribution is -2.12. The maximum Gasteiger partial charge on any atom is 0.277 e. The highest BCUT2D eigenvalue weighted by Gasteiger charge is 2.12. The Morgan fingerprint density at radius 3 is 2.60 bits per heavy atom. The summed E-state index contributed by atoms with van der Waals surface area (Å²) in [6.45, 7) is 0.145. The third-order valence-electron chi connectivity index (χ3n) is 3.64. The molecule has 25 heavy (non-hydrogen) atoms. The van der Waals surface area contributed by atoms with Crippen LogP contribution in [0.2, 0.25) is 0 Å². The smallest absolute Gasteiger partial charge is 0.277 e. The molecule has 0 atom stereocenters. The Balaban J connectivity index is 1.52. The summed E-state index contributed by atoms with van der Waals surface area (Å²) in [5.74, 6) is 0.484. The monoisotopic (exact) mass is 334 g/mol. The van der Waals surface area contributed by atoms with E-state index in [0.717, 1.165) is 16.7 Å². The van der Waals surface area contributed by atoms with Gasteiger partial charge in [0.05, 0.1) is 6.54 Å². The number of hydrogen-bond donors (Lipinski definition) is 2. The summed E-state index contributed by atoms with van der Waals surface area (Å²) >= 11 is 0. The summed E-state index contributed by atoms with van der Waals surface area (Å²) in [7, 11) is 0. The maximum absolute atomic E-state index is 12.1. The zero-order valence-corrected chi connectivity index (χ0v) is 13.1. The highest BCUT2D eigenvalue weighted by Crippen LogP contribution is 2.25. The molecule has 2 heterocycles. The number of fused-ring (bicyclic) bond motifs is 1. The van der Waals surface area contributed by atoms with Crippen LogP contribution in [0.1, 0.15) is 16.4 Å². The Hall–Kier alpha value is -3.45. The van der Waals surface area contributed by atoms with E-state index in [0.29, 0.717) is 17.5 Å². The van der Waals surface area contributed by atoms with Crippen molar-refractivity contribution < 1.29 is 13.6 Å². The number of anilines is 1. The van der Waals surface area contributed by atoms with Crippen LogP contribution < -0.4 is 11.1 Å². The van der Waals surface area contributed by atoms with E-state index in [1.165, 1.54) is 6.26 Å². The summed E-state index contributed by atoms with van der Waals surface area (Å²) in [4.78, 5) is 20.5. The molecule has 0 saturated heterocycles. The second kappa shape index (κ2) is 6.21. The Morgan fingerprint density at radius 1 is 1.08 bits per heavy atom. The molecule has 0 fully saturated rings. The van der Waals surface area contributed by atoms with Gasteiger partial charge in [0, 0.05) is 11.3 Å². The Morgan fingerprint density at radius 2 is 1.88 bits per heavy atom. The van der Waals surface area contributed by atoms with Crippen LogP contribution >= 0.6 is 0 Å². The van der Waals surface area contributed by atoms with Crippen molar-refractivity contribution in [3.05, 3.63) is 66.4 Å². The van der Waals surface area contributed by atoms with Crippen LogP contribution in [0.5, 0.6) is 0 Å². The van der Waals surface area contributed by atoms with Gasteiger partial charge in [-0.1, -0.05) is 12.1 Å². The molecule has 0 aliphatic rings.